The Morgan fingerprint density at radius 3 is 2.87 bits per heavy atom. The Morgan fingerprint density at radius 1 is 1.32 bits per heavy atom. The molecule has 10 heteroatoms. The number of rotatable bonds is 6. The molecule has 1 aliphatic heterocycles. The lowest BCUT2D eigenvalue weighted by Crippen LogP contribution is -2.26. The molecule has 0 N–H and O–H groups in total. The molecule has 0 bridgehead atoms. The van der Waals surface area contributed by atoms with Crippen LogP contribution in [-0.2, 0) is 6.54 Å². The van der Waals surface area contributed by atoms with E-state index in [1.165, 1.54) is 4.90 Å². The van der Waals surface area contributed by atoms with Gasteiger partial charge in [-0.05, 0) is 42.8 Å². The van der Waals surface area contributed by atoms with Crippen LogP contribution in [-0.4, -0.2) is 57.8 Å². The van der Waals surface area contributed by atoms with E-state index in [4.69, 9.17) is 16.1 Å². The fourth-order valence-corrected chi connectivity index (χ4v) is 4.45. The first-order valence-corrected chi connectivity index (χ1v) is 10.3. The molecule has 1 amide bonds. The third-order valence-corrected chi connectivity index (χ3v) is 6.13. The second kappa shape index (κ2) is 7.73. The summed E-state index contributed by atoms with van der Waals surface area (Å²) in [5, 5.41) is 4.86. The molecule has 9 nitrogen and oxygen atoms in total. The molecular formula is C21H20ClN7O2. The summed E-state index contributed by atoms with van der Waals surface area (Å²) in [6, 6.07) is 7.02. The van der Waals surface area contributed by atoms with E-state index in [-0.39, 0.29) is 18.4 Å². The average molecular weight is 438 g/mol. The third-order valence-electron chi connectivity index (χ3n) is 5.89. The highest BCUT2D eigenvalue weighted by Crippen LogP contribution is 2.57. The van der Waals surface area contributed by atoms with Crippen molar-refractivity contribution in [2.45, 2.75) is 12.5 Å². The summed E-state index contributed by atoms with van der Waals surface area (Å²) in [5.74, 6) is 3.31. The van der Waals surface area contributed by atoms with E-state index < -0.39 is 0 Å². The standard InChI is InChI=1S/C21H20ClN7O2/c1-23-19-13(4-3-6-25-19)21(30)28(2)11-17-26-20(27-31-17)18-14-9-29(10-15(14)18)16-8-12(22)5-7-24-16/h3-8,14-15,18H,1,9-11H2,2H3/t14-,15+,18+. The lowest BCUT2D eigenvalue weighted by atomic mass is 10.2. The highest BCUT2D eigenvalue weighted by Gasteiger charge is 2.58. The van der Waals surface area contributed by atoms with Gasteiger partial charge in [0.05, 0.1) is 12.1 Å². The molecule has 0 unspecified atom stereocenters. The van der Waals surface area contributed by atoms with Crippen LogP contribution in [0.25, 0.3) is 0 Å². The van der Waals surface area contributed by atoms with Gasteiger partial charge in [0.2, 0.25) is 5.89 Å². The van der Waals surface area contributed by atoms with Crippen molar-refractivity contribution in [2.75, 3.05) is 25.0 Å². The van der Waals surface area contributed by atoms with Gasteiger partial charge in [0.15, 0.2) is 11.6 Å². The molecule has 3 aromatic heterocycles. The lowest BCUT2D eigenvalue weighted by molar-refractivity contribution is 0.0770. The number of nitrogens with zero attached hydrogens (tertiary/aromatic N) is 7. The van der Waals surface area contributed by atoms with Crippen molar-refractivity contribution in [2.24, 2.45) is 16.8 Å². The molecule has 1 saturated carbocycles. The van der Waals surface area contributed by atoms with Crippen LogP contribution in [0.5, 0.6) is 0 Å². The smallest absolute Gasteiger partial charge is 0.257 e. The molecule has 1 aliphatic carbocycles. The minimum Gasteiger partial charge on any atom is -0.356 e. The molecule has 0 aromatic carbocycles. The first kappa shape index (κ1) is 19.6. The number of halogens is 1. The van der Waals surface area contributed by atoms with Gasteiger partial charge in [0.1, 0.15) is 5.82 Å². The summed E-state index contributed by atoms with van der Waals surface area (Å²) >= 11 is 6.08. The summed E-state index contributed by atoms with van der Waals surface area (Å²) < 4.78 is 5.42. The molecule has 5 rings (SSSR count). The number of pyridine rings is 2. The molecule has 0 spiro atoms. The van der Waals surface area contributed by atoms with E-state index in [9.17, 15) is 4.79 Å². The van der Waals surface area contributed by atoms with E-state index in [1.807, 2.05) is 6.07 Å². The van der Waals surface area contributed by atoms with E-state index in [0.29, 0.717) is 40.0 Å². The van der Waals surface area contributed by atoms with Crippen LogP contribution in [0.2, 0.25) is 5.02 Å². The maximum atomic E-state index is 12.7. The maximum absolute atomic E-state index is 12.7. The second-order valence-corrected chi connectivity index (χ2v) is 8.27. The summed E-state index contributed by atoms with van der Waals surface area (Å²) in [7, 11) is 1.67. The Labute approximate surface area is 183 Å². The van der Waals surface area contributed by atoms with Crippen molar-refractivity contribution in [1.82, 2.24) is 25.0 Å². The topological polar surface area (TPSA) is 101 Å². The Morgan fingerprint density at radius 2 is 2.13 bits per heavy atom. The average Bonchev–Trinajstić information content (AvgIpc) is 3.11. The predicted molar refractivity (Wildman–Crippen MR) is 115 cm³/mol. The zero-order valence-corrected chi connectivity index (χ0v) is 17.6. The third kappa shape index (κ3) is 3.65. The minimum absolute atomic E-state index is 0.206. The van der Waals surface area contributed by atoms with Gasteiger partial charge in [-0.25, -0.2) is 15.0 Å². The number of anilines is 1. The number of piperidine rings is 1. The van der Waals surface area contributed by atoms with Crippen LogP contribution >= 0.6 is 11.6 Å². The van der Waals surface area contributed by atoms with Crippen molar-refractivity contribution >= 4 is 35.9 Å². The Hall–Kier alpha value is -3.33. The number of amides is 1. The fraction of sp³-hybridized carbons (Fsp3) is 0.333. The monoisotopic (exact) mass is 437 g/mol. The van der Waals surface area contributed by atoms with Gasteiger partial charge in [0.25, 0.3) is 5.91 Å². The highest BCUT2D eigenvalue weighted by molar-refractivity contribution is 6.30. The molecule has 4 heterocycles. The SMILES string of the molecule is C=Nc1ncccc1C(=O)N(C)Cc1nc([C@H]2[C@@H]3CN(c4cc(Cl)ccn4)C[C@@H]32)no1. The van der Waals surface area contributed by atoms with Gasteiger partial charge < -0.3 is 14.3 Å². The van der Waals surface area contributed by atoms with Gasteiger partial charge in [0, 0.05) is 43.5 Å². The van der Waals surface area contributed by atoms with Crippen LogP contribution in [0.3, 0.4) is 0 Å². The quantitative estimate of drug-likeness (QED) is 0.546. The first-order chi connectivity index (χ1) is 15.0. The number of carbonyl (C=O) groups excluding carboxylic acids is 1. The van der Waals surface area contributed by atoms with Crippen molar-refractivity contribution in [3.8, 4) is 0 Å². The maximum Gasteiger partial charge on any atom is 0.257 e. The molecule has 158 valence electrons. The summed E-state index contributed by atoms with van der Waals surface area (Å²) in [6.07, 6.45) is 3.29. The van der Waals surface area contributed by atoms with Crippen LogP contribution in [0.1, 0.15) is 28.0 Å². The van der Waals surface area contributed by atoms with Crippen LogP contribution in [0, 0.1) is 11.8 Å². The van der Waals surface area contributed by atoms with Crippen LogP contribution in [0.4, 0.5) is 11.6 Å². The summed E-state index contributed by atoms with van der Waals surface area (Å²) in [4.78, 5) is 33.3. The molecule has 3 atom stereocenters. The van der Waals surface area contributed by atoms with Gasteiger partial charge in [-0.15, -0.1) is 0 Å². The van der Waals surface area contributed by atoms with Crippen molar-refractivity contribution in [1.29, 1.82) is 0 Å². The van der Waals surface area contributed by atoms with E-state index in [0.717, 1.165) is 18.9 Å². The molecule has 3 aromatic rings. The molecular weight excluding hydrogens is 418 g/mol. The van der Waals surface area contributed by atoms with E-state index in [2.05, 4.69) is 36.7 Å². The molecule has 1 saturated heterocycles. The molecule has 0 radical (unpaired) electrons. The van der Waals surface area contributed by atoms with Gasteiger partial charge in [-0.2, -0.15) is 4.98 Å². The number of carbonyl (C=O) groups is 1. The zero-order chi connectivity index (χ0) is 21.5. The van der Waals surface area contributed by atoms with Crippen LogP contribution in [0.15, 0.2) is 46.2 Å². The van der Waals surface area contributed by atoms with Gasteiger partial charge in [-0.1, -0.05) is 16.8 Å². The number of aliphatic imine (C=N–C) groups is 1. The van der Waals surface area contributed by atoms with Gasteiger partial charge in [-0.3, -0.25) is 4.79 Å². The van der Waals surface area contributed by atoms with E-state index in [1.54, 1.807) is 37.6 Å². The molecule has 2 aliphatic rings. The zero-order valence-electron chi connectivity index (χ0n) is 16.8. The normalized spacial score (nSPS) is 21.6. The van der Waals surface area contributed by atoms with E-state index >= 15 is 0 Å². The van der Waals surface area contributed by atoms with Crippen molar-refractivity contribution < 1.29 is 9.32 Å². The number of aromatic nitrogens is 4. The van der Waals surface area contributed by atoms with Crippen molar-refractivity contribution in [3.05, 3.63) is 59.0 Å². The largest absolute Gasteiger partial charge is 0.356 e. The molecule has 31 heavy (non-hydrogen) atoms. The number of fused-ring (bicyclic) bond motifs is 1. The Kier molecular flexibility index (Phi) is 4.90. The second-order valence-electron chi connectivity index (χ2n) is 7.83. The highest BCUT2D eigenvalue weighted by atomic mass is 35.5. The molecule has 2 fully saturated rings. The van der Waals surface area contributed by atoms with Gasteiger partial charge >= 0.3 is 0 Å². The Balaban J connectivity index is 1.21. The van der Waals surface area contributed by atoms with Crippen molar-refractivity contribution in [3.63, 3.8) is 0 Å². The minimum atomic E-state index is -0.233. The lowest BCUT2D eigenvalue weighted by Gasteiger charge is -2.20. The number of hydrogen-bond acceptors (Lipinski definition) is 8. The predicted octanol–water partition coefficient (Wildman–Crippen LogP) is 2.97. The summed E-state index contributed by atoms with van der Waals surface area (Å²) in [6.45, 7) is 5.46. The van der Waals surface area contributed by atoms with Crippen LogP contribution < -0.4 is 4.90 Å². The first-order valence-electron chi connectivity index (χ1n) is 9.91. The number of hydrogen-bond donors (Lipinski definition) is 0. The fourth-order valence-electron chi connectivity index (χ4n) is 4.30. The Bertz CT molecular complexity index is 1140. The summed E-state index contributed by atoms with van der Waals surface area (Å²) in [5.41, 5.74) is 0.381.